The molecule has 0 saturated heterocycles. The summed E-state index contributed by atoms with van der Waals surface area (Å²) in [6.07, 6.45) is 0. The molecule has 0 aliphatic carbocycles. The molecule has 0 spiro atoms. The van der Waals surface area contributed by atoms with Crippen molar-refractivity contribution in [1.82, 2.24) is 0 Å². The molecule has 0 radical (unpaired) electrons. The van der Waals surface area contributed by atoms with Crippen molar-refractivity contribution in [3.63, 3.8) is 0 Å². The van der Waals surface area contributed by atoms with E-state index in [4.69, 9.17) is 5.73 Å². The Morgan fingerprint density at radius 2 is 0.744 bits per heavy atom. The third-order valence-electron chi connectivity index (χ3n) is 8.45. The maximum Gasteiger partial charge on any atom is 1.00 e. The molecule has 0 heterocycles. The Morgan fingerprint density at radius 3 is 1.33 bits per heavy atom. The molecule has 2 N–H and O–H groups in total. The summed E-state index contributed by atoms with van der Waals surface area (Å²) in [5.41, 5.74) is 7.53. The summed E-state index contributed by atoms with van der Waals surface area (Å²) in [5, 5.41) is 42.1. The minimum absolute atomic E-state index is 0. The van der Waals surface area contributed by atoms with Crippen molar-refractivity contribution in [1.29, 1.82) is 0 Å². The quantitative estimate of drug-likeness (QED) is 0.144. The van der Waals surface area contributed by atoms with E-state index in [0.29, 0.717) is 16.5 Å². The predicted molar refractivity (Wildman–Crippen MR) is 152 cm³/mol. The monoisotopic (exact) mass is 517 g/mol. The maximum absolute atomic E-state index is 13.6. The molecule has 9 aromatic carbocycles. The molecule has 0 atom stereocenters. The Morgan fingerprint density at radius 1 is 0.359 bits per heavy atom. The molecular weight excluding hydrogens is 500 g/mol. The third kappa shape index (κ3) is 2.93. The first kappa shape index (κ1) is 25.0. The number of benzene rings is 9. The maximum atomic E-state index is 13.6. The Labute approximate surface area is 267 Å². The topological polar surface area (TPSA) is 72.1 Å². The van der Waals surface area contributed by atoms with Crippen molar-refractivity contribution >= 4 is 91.9 Å². The predicted octanol–water partition coefficient (Wildman–Crippen LogP) is 1.53. The van der Waals surface area contributed by atoms with Gasteiger partial charge in [0.15, 0.2) is 0 Å². The van der Waals surface area contributed by atoms with Gasteiger partial charge in [0.05, 0.1) is 0 Å². The van der Waals surface area contributed by atoms with E-state index >= 15 is 0 Å². The molecule has 5 heteroatoms. The minimum Gasteiger partial charge on any atom is -0.872 e. The summed E-state index contributed by atoms with van der Waals surface area (Å²) in [7, 11) is 0. The molecule has 0 unspecified atom stereocenters. The zero-order valence-corrected chi connectivity index (χ0v) is 25.6. The van der Waals surface area contributed by atoms with Crippen molar-refractivity contribution < 1.29 is 69.3 Å². The van der Waals surface area contributed by atoms with Gasteiger partial charge < -0.3 is 15.9 Å². The van der Waals surface area contributed by atoms with E-state index in [1.807, 2.05) is 66.7 Å². The molecule has 0 bridgehead atoms. The van der Waals surface area contributed by atoms with E-state index in [2.05, 4.69) is 24.3 Å². The van der Waals surface area contributed by atoms with Gasteiger partial charge in [-0.3, -0.25) is 0 Å². The molecule has 0 aliphatic rings. The van der Waals surface area contributed by atoms with Crippen LogP contribution in [0.5, 0.6) is 11.5 Å². The van der Waals surface area contributed by atoms with Crippen LogP contribution in [-0.2, 0) is 0 Å². The van der Waals surface area contributed by atoms with Gasteiger partial charge in [-0.05, 0) is 81.5 Å². The van der Waals surface area contributed by atoms with E-state index in [9.17, 15) is 10.2 Å². The molecule has 172 valence electrons. The molecule has 9 rings (SSSR count). The zero-order chi connectivity index (χ0) is 24.6. The normalized spacial score (nSPS) is 12.0. The molecule has 0 fully saturated rings. The second-order valence-corrected chi connectivity index (χ2v) is 10.1. The van der Waals surface area contributed by atoms with Gasteiger partial charge in [-0.2, -0.15) is 0 Å². The number of rotatable bonds is 0. The largest absolute Gasteiger partial charge is 1.00 e. The number of anilines is 1. The van der Waals surface area contributed by atoms with E-state index in [0.717, 1.165) is 75.4 Å². The number of nitrogens with two attached hydrogens (primary N) is 1. The molecular formula is C34H17NNa2O2. The van der Waals surface area contributed by atoms with Crippen LogP contribution >= 0.6 is 0 Å². The van der Waals surface area contributed by atoms with Crippen molar-refractivity contribution in [2.24, 2.45) is 0 Å². The van der Waals surface area contributed by atoms with E-state index in [-0.39, 0.29) is 70.6 Å². The van der Waals surface area contributed by atoms with E-state index in [1.54, 1.807) is 0 Å². The Balaban J connectivity index is 0.00000127. The average Bonchev–Trinajstić information content (AvgIpc) is 2.94. The minimum atomic E-state index is 0. The van der Waals surface area contributed by atoms with Crippen LogP contribution in [0.4, 0.5) is 5.69 Å². The van der Waals surface area contributed by atoms with Crippen molar-refractivity contribution in [2.45, 2.75) is 0 Å². The first-order valence-corrected chi connectivity index (χ1v) is 12.4. The Kier molecular flexibility index (Phi) is 5.44. The molecule has 0 aromatic heterocycles. The summed E-state index contributed by atoms with van der Waals surface area (Å²) in [5.74, 6) is 0.0987. The average molecular weight is 517 g/mol. The summed E-state index contributed by atoms with van der Waals surface area (Å²) in [4.78, 5) is 0. The van der Waals surface area contributed by atoms with Gasteiger partial charge in [-0.15, -0.1) is 0 Å². The van der Waals surface area contributed by atoms with Gasteiger partial charge in [0.2, 0.25) is 0 Å². The second kappa shape index (κ2) is 8.49. The smallest absolute Gasteiger partial charge is 0.872 e. The van der Waals surface area contributed by atoms with E-state index in [1.165, 1.54) is 0 Å². The number of nitrogen functional groups attached to an aromatic ring is 1. The third-order valence-corrected chi connectivity index (χ3v) is 8.45. The molecule has 0 aliphatic heterocycles. The number of hydrogen-bond acceptors (Lipinski definition) is 3. The van der Waals surface area contributed by atoms with Crippen LogP contribution < -0.4 is 75.1 Å². The van der Waals surface area contributed by atoms with Crippen LogP contribution in [0.2, 0.25) is 0 Å². The second-order valence-electron chi connectivity index (χ2n) is 10.1. The van der Waals surface area contributed by atoms with Crippen LogP contribution in [0.15, 0.2) is 91.0 Å². The molecule has 3 nitrogen and oxygen atoms in total. The van der Waals surface area contributed by atoms with Gasteiger partial charge in [0.1, 0.15) is 0 Å². The van der Waals surface area contributed by atoms with E-state index < -0.39 is 0 Å². The first-order valence-electron chi connectivity index (χ1n) is 12.4. The SMILES string of the molecule is Nc1cc2c3ccccc3c([O-])c3ccc4c5ccc6c([O-])c7ccccc7c7ccc(c1c4c32)c5c67.[Na+].[Na+]. The van der Waals surface area contributed by atoms with Crippen LogP contribution in [0.3, 0.4) is 0 Å². The van der Waals surface area contributed by atoms with Crippen LogP contribution in [0, 0.1) is 0 Å². The fourth-order valence-corrected chi connectivity index (χ4v) is 6.97. The fraction of sp³-hybridized carbons (Fsp3) is 0. The summed E-state index contributed by atoms with van der Waals surface area (Å²) < 4.78 is 0. The Hall–Kier alpha value is -3.02. The van der Waals surface area contributed by atoms with Crippen molar-refractivity contribution in [3.05, 3.63) is 91.0 Å². The fourth-order valence-electron chi connectivity index (χ4n) is 6.97. The molecule has 0 amide bonds. The van der Waals surface area contributed by atoms with Gasteiger partial charge >= 0.3 is 59.1 Å². The Bertz CT molecular complexity index is 2450. The summed E-state index contributed by atoms with van der Waals surface area (Å²) >= 11 is 0. The van der Waals surface area contributed by atoms with Gasteiger partial charge in [-0.25, -0.2) is 0 Å². The summed E-state index contributed by atoms with van der Waals surface area (Å²) in [6, 6.07) is 29.9. The zero-order valence-electron chi connectivity index (χ0n) is 21.6. The summed E-state index contributed by atoms with van der Waals surface area (Å²) in [6.45, 7) is 0. The van der Waals surface area contributed by atoms with Crippen molar-refractivity contribution in [3.8, 4) is 11.5 Å². The number of hydrogen-bond donors (Lipinski definition) is 1. The van der Waals surface area contributed by atoms with Crippen LogP contribution in [0.1, 0.15) is 0 Å². The van der Waals surface area contributed by atoms with Gasteiger partial charge in [0.25, 0.3) is 0 Å². The molecule has 0 saturated carbocycles. The molecule has 9 aromatic rings. The van der Waals surface area contributed by atoms with Crippen LogP contribution in [-0.4, -0.2) is 0 Å². The first-order chi connectivity index (χ1) is 18.1. The van der Waals surface area contributed by atoms with Crippen molar-refractivity contribution in [2.75, 3.05) is 5.73 Å². The van der Waals surface area contributed by atoms with Gasteiger partial charge in [-0.1, -0.05) is 96.4 Å². The van der Waals surface area contributed by atoms with Gasteiger partial charge in [0, 0.05) is 16.5 Å². The molecule has 39 heavy (non-hydrogen) atoms. The standard InChI is InChI=1S/C34H19NO2.2Na/c35-27-15-26-17-6-2-4-8-22(17)34(37)25-14-11-20-19-10-13-24-29-18(16-5-1-3-7-21(16)33(24)36)9-12-23(28(19)29)31(27)32(20)30(25)26;;/h1-15,36-37H,35H2;;/q;2*+1/p-2. The number of fused-ring (bicyclic) bond motifs is 6. The van der Waals surface area contributed by atoms with Crippen LogP contribution in [0.25, 0.3) is 86.2 Å².